The Kier molecular flexibility index (Phi) is 4.14. The van der Waals surface area contributed by atoms with E-state index in [-0.39, 0.29) is 11.9 Å². The molecular formula is C19H21NO2. The Hall–Kier alpha value is -2.29. The largest absolute Gasteiger partial charge is 0.464 e. The third-order valence-electron chi connectivity index (χ3n) is 4.02. The van der Waals surface area contributed by atoms with Crippen LogP contribution in [-0.2, 0) is 11.2 Å². The number of carbonyl (C=O) groups excluding carboxylic acids is 1. The van der Waals surface area contributed by atoms with Crippen molar-refractivity contribution in [1.82, 2.24) is 5.32 Å². The topological polar surface area (TPSA) is 42.2 Å². The fourth-order valence-electron chi connectivity index (χ4n) is 3.01. The second kappa shape index (κ2) is 6.22. The second-order valence-electron chi connectivity index (χ2n) is 5.85. The third kappa shape index (κ3) is 2.84. The number of rotatable bonds is 5. The van der Waals surface area contributed by atoms with Crippen molar-refractivity contribution in [2.24, 2.45) is 0 Å². The first-order chi connectivity index (χ1) is 10.7. The zero-order valence-electron chi connectivity index (χ0n) is 13.1. The Morgan fingerprint density at radius 1 is 1.23 bits per heavy atom. The summed E-state index contributed by atoms with van der Waals surface area (Å²) < 4.78 is 5.63. The summed E-state index contributed by atoms with van der Waals surface area (Å²) in [5, 5.41) is 6.40. The molecule has 0 aliphatic carbocycles. The van der Waals surface area contributed by atoms with Gasteiger partial charge in [-0.25, -0.2) is 0 Å². The molecule has 1 atom stereocenters. The Labute approximate surface area is 130 Å². The molecule has 0 unspecified atom stereocenters. The van der Waals surface area contributed by atoms with Gasteiger partial charge in [0.05, 0.1) is 12.7 Å². The van der Waals surface area contributed by atoms with Crippen LogP contribution in [0.15, 0.2) is 47.1 Å². The van der Waals surface area contributed by atoms with Gasteiger partial charge in [0.25, 0.3) is 0 Å². The average Bonchev–Trinajstić information content (AvgIpc) is 2.90. The molecule has 3 nitrogen and oxygen atoms in total. The molecule has 0 aliphatic heterocycles. The summed E-state index contributed by atoms with van der Waals surface area (Å²) in [5.41, 5.74) is 1.79. The normalized spacial score (nSPS) is 12.6. The summed E-state index contributed by atoms with van der Waals surface area (Å²) in [7, 11) is 0. The maximum atomic E-state index is 12.2. The number of amides is 1. The summed E-state index contributed by atoms with van der Waals surface area (Å²) in [4.78, 5) is 12.2. The summed E-state index contributed by atoms with van der Waals surface area (Å²) >= 11 is 0. The Bertz CT molecular complexity index is 803. The van der Waals surface area contributed by atoms with E-state index in [4.69, 9.17) is 4.42 Å². The molecule has 1 N–H and O–H groups in total. The van der Waals surface area contributed by atoms with Crippen molar-refractivity contribution >= 4 is 27.6 Å². The van der Waals surface area contributed by atoms with Crippen LogP contribution in [0.25, 0.3) is 21.7 Å². The van der Waals surface area contributed by atoms with Gasteiger partial charge in [-0.2, -0.15) is 0 Å². The number of fused-ring (bicyclic) bond motifs is 3. The summed E-state index contributed by atoms with van der Waals surface area (Å²) in [5.74, 6) is 0.0524. The molecule has 0 aliphatic rings. The third-order valence-corrected chi connectivity index (χ3v) is 4.02. The quantitative estimate of drug-likeness (QED) is 0.756. The summed E-state index contributed by atoms with van der Waals surface area (Å²) in [6, 6.07) is 12.4. The molecule has 0 saturated carbocycles. The fraction of sp³-hybridized carbons (Fsp3) is 0.316. The number of hydrogen-bond acceptors (Lipinski definition) is 2. The van der Waals surface area contributed by atoms with Crippen LogP contribution in [-0.4, -0.2) is 11.9 Å². The molecule has 1 aromatic heterocycles. The van der Waals surface area contributed by atoms with Gasteiger partial charge in [-0.3, -0.25) is 4.79 Å². The van der Waals surface area contributed by atoms with Gasteiger partial charge >= 0.3 is 0 Å². The van der Waals surface area contributed by atoms with Crippen LogP contribution >= 0.6 is 0 Å². The highest BCUT2D eigenvalue weighted by Crippen LogP contribution is 2.30. The zero-order valence-corrected chi connectivity index (χ0v) is 13.1. The van der Waals surface area contributed by atoms with Gasteiger partial charge in [0.1, 0.15) is 5.58 Å². The van der Waals surface area contributed by atoms with Gasteiger partial charge in [-0.1, -0.05) is 43.7 Å². The molecule has 0 saturated heterocycles. The Morgan fingerprint density at radius 3 is 2.86 bits per heavy atom. The smallest absolute Gasteiger partial charge is 0.224 e. The molecule has 2 aromatic carbocycles. The molecule has 114 valence electrons. The highest BCUT2D eigenvalue weighted by Gasteiger charge is 2.14. The van der Waals surface area contributed by atoms with E-state index in [0.717, 1.165) is 40.1 Å². The molecule has 3 heteroatoms. The maximum absolute atomic E-state index is 12.2. The number of carbonyl (C=O) groups is 1. The van der Waals surface area contributed by atoms with Crippen molar-refractivity contribution in [2.45, 2.75) is 39.2 Å². The van der Waals surface area contributed by atoms with Gasteiger partial charge in [0, 0.05) is 17.0 Å². The molecule has 3 aromatic rings. The minimum atomic E-state index is 0.0524. The van der Waals surface area contributed by atoms with E-state index in [9.17, 15) is 4.79 Å². The predicted molar refractivity (Wildman–Crippen MR) is 89.9 cm³/mol. The van der Waals surface area contributed by atoms with Gasteiger partial charge in [-0.05, 0) is 30.2 Å². The lowest BCUT2D eigenvalue weighted by molar-refractivity contribution is -0.121. The molecule has 1 heterocycles. The van der Waals surface area contributed by atoms with Crippen LogP contribution in [0, 0.1) is 0 Å². The van der Waals surface area contributed by atoms with Crippen LogP contribution in [0.5, 0.6) is 0 Å². The van der Waals surface area contributed by atoms with Crippen LogP contribution in [0.3, 0.4) is 0 Å². The minimum Gasteiger partial charge on any atom is -0.464 e. The fourth-order valence-corrected chi connectivity index (χ4v) is 3.01. The first-order valence-corrected chi connectivity index (χ1v) is 7.86. The van der Waals surface area contributed by atoms with Crippen LogP contribution in [0.2, 0.25) is 0 Å². The van der Waals surface area contributed by atoms with E-state index in [2.05, 4.69) is 24.4 Å². The van der Waals surface area contributed by atoms with E-state index >= 15 is 0 Å². The van der Waals surface area contributed by atoms with Crippen molar-refractivity contribution in [1.29, 1.82) is 0 Å². The molecule has 22 heavy (non-hydrogen) atoms. The van der Waals surface area contributed by atoms with Crippen LogP contribution < -0.4 is 5.32 Å². The minimum absolute atomic E-state index is 0.0524. The lowest BCUT2D eigenvalue weighted by atomic mass is 10.0. The first kappa shape index (κ1) is 14.6. The average molecular weight is 295 g/mol. The highest BCUT2D eigenvalue weighted by molar-refractivity contribution is 6.08. The van der Waals surface area contributed by atoms with Crippen LogP contribution in [0.4, 0.5) is 0 Å². The maximum Gasteiger partial charge on any atom is 0.224 e. The second-order valence-corrected chi connectivity index (χ2v) is 5.85. The lowest BCUT2D eigenvalue weighted by Gasteiger charge is -2.12. The lowest BCUT2D eigenvalue weighted by Crippen LogP contribution is -2.33. The van der Waals surface area contributed by atoms with E-state index in [1.54, 1.807) is 6.26 Å². The van der Waals surface area contributed by atoms with Crippen molar-refractivity contribution in [3.63, 3.8) is 0 Å². The van der Waals surface area contributed by atoms with Crippen molar-refractivity contribution in [2.75, 3.05) is 0 Å². The van der Waals surface area contributed by atoms with Gasteiger partial charge < -0.3 is 9.73 Å². The van der Waals surface area contributed by atoms with Gasteiger partial charge in [-0.15, -0.1) is 0 Å². The van der Waals surface area contributed by atoms with E-state index in [0.29, 0.717) is 6.42 Å². The molecule has 0 fully saturated rings. The monoisotopic (exact) mass is 295 g/mol. The molecule has 3 rings (SSSR count). The summed E-state index contributed by atoms with van der Waals surface area (Å²) in [6.07, 6.45) is 4.14. The van der Waals surface area contributed by atoms with Gasteiger partial charge in [0.15, 0.2) is 0 Å². The number of benzene rings is 2. The van der Waals surface area contributed by atoms with Crippen LogP contribution in [0.1, 0.15) is 32.3 Å². The van der Waals surface area contributed by atoms with E-state index < -0.39 is 0 Å². The first-order valence-electron chi connectivity index (χ1n) is 7.86. The van der Waals surface area contributed by atoms with E-state index in [1.807, 2.05) is 31.2 Å². The Balaban J connectivity index is 1.91. The van der Waals surface area contributed by atoms with E-state index in [1.165, 1.54) is 0 Å². The Morgan fingerprint density at radius 2 is 2.05 bits per heavy atom. The molecule has 0 bridgehead atoms. The molecular weight excluding hydrogens is 274 g/mol. The summed E-state index contributed by atoms with van der Waals surface area (Å²) in [6.45, 7) is 4.17. The number of nitrogens with one attached hydrogen (secondary N) is 1. The predicted octanol–water partition coefficient (Wildman–Crippen LogP) is 4.43. The van der Waals surface area contributed by atoms with Crippen molar-refractivity contribution < 1.29 is 9.21 Å². The molecule has 0 radical (unpaired) electrons. The zero-order chi connectivity index (χ0) is 15.5. The molecule has 1 amide bonds. The standard InChI is InChI=1S/C19H21NO2/c1-3-6-13(2)20-18(21)11-15-12-22-17-10-9-14-7-4-5-8-16(14)19(15)17/h4-5,7-10,12-13H,3,6,11H2,1-2H3,(H,20,21)/t13-/m0/s1. The number of furan rings is 1. The van der Waals surface area contributed by atoms with Gasteiger partial charge in [0.2, 0.25) is 5.91 Å². The molecule has 0 spiro atoms. The SMILES string of the molecule is CCC[C@H](C)NC(=O)Cc1coc2ccc3ccccc3c12. The highest BCUT2D eigenvalue weighted by atomic mass is 16.3. The number of hydrogen-bond donors (Lipinski definition) is 1. The van der Waals surface area contributed by atoms with Crippen molar-refractivity contribution in [3.05, 3.63) is 48.2 Å². The van der Waals surface area contributed by atoms with Crippen molar-refractivity contribution in [3.8, 4) is 0 Å².